The van der Waals surface area contributed by atoms with Gasteiger partial charge in [0.1, 0.15) is 0 Å². The maximum Gasteiger partial charge on any atom is 0.251 e. The summed E-state index contributed by atoms with van der Waals surface area (Å²) in [6.07, 6.45) is 0. The third kappa shape index (κ3) is 3.45. The number of pyridine rings is 1. The van der Waals surface area contributed by atoms with Crippen LogP contribution in [-0.2, 0) is 0 Å². The fraction of sp³-hybridized carbons (Fsp3) is 0.545. The Morgan fingerprint density at radius 1 is 1.23 bits per heavy atom. The van der Waals surface area contributed by atoms with Gasteiger partial charge >= 0.3 is 0 Å². The van der Waals surface area contributed by atoms with Gasteiger partial charge in [-0.05, 0) is 18.9 Å². The van der Waals surface area contributed by atoms with E-state index in [1.165, 1.54) is 0 Å². The lowest BCUT2D eigenvalue weighted by atomic mass is 10.1. The van der Waals surface area contributed by atoms with Crippen LogP contribution in [0.2, 0.25) is 0 Å². The minimum Gasteiger partial charge on any atom is -0.326 e. The normalized spacial score (nSPS) is 9.38. The largest absolute Gasteiger partial charge is 0.326 e. The average Bonchev–Trinajstić information content (AvgIpc) is 2.13. The highest BCUT2D eigenvalue weighted by Gasteiger charge is 1.99. The molecule has 2 heteroatoms. The topological polar surface area (TPSA) is 32.9 Å². The summed E-state index contributed by atoms with van der Waals surface area (Å²) in [5.74, 6) is 0.392. The number of nitrogens with one attached hydrogen (secondary N) is 1. The van der Waals surface area contributed by atoms with E-state index in [9.17, 15) is 4.79 Å². The van der Waals surface area contributed by atoms with E-state index >= 15 is 0 Å². The number of aromatic amines is 1. The van der Waals surface area contributed by atoms with Gasteiger partial charge < -0.3 is 4.98 Å². The number of rotatable bonds is 1. The minimum absolute atomic E-state index is 0.0243. The molecule has 0 aliphatic heterocycles. The maximum absolute atomic E-state index is 11.1. The second-order valence-electron chi connectivity index (χ2n) is 3.08. The first-order chi connectivity index (χ1) is 6.11. The number of aromatic nitrogens is 1. The predicted molar refractivity (Wildman–Crippen MR) is 57.2 cm³/mol. The molecule has 0 unspecified atom stereocenters. The number of H-pyrrole nitrogens is 1. The SMILES string of the molecule is CC.Cc1ccc(C(C)C)[nH]c1=O. The van der Waals surface area contributed by atoms with Crippen molar-refractivity contribution in [3.05, 3.63) is 33.7 Å². The van der Waals surface area contributed by atoms with E-state index in [1.807, 2.05) is 32.9 Å². The molecule has 0 aromatic carbocycles. The van der Waals surface area contributed by atoms with E-state index in [0.717, 1.165) is 11.3 Å². The van der Waals surface area contributed by atoms with E-state index in [1.54, 1.807) is 0 Å². The highest BCUT2D eigenvalue weighted by molar-refractivity contribution is 5.14. The summed E-state index contributed by atoms with van der Waals surface area (Å²) in [6.45, 7) is 9.92. The first-order valence-corrected chi connectivity index (χ1v) is 4.81. The van der Waals surface area contributed by atoms with Crippen LogP contribution in [0.3, 0.4) is 0 Å². The molecule has 0 aliphatic rings. The standard InChI is InChI=1S/C9H13NO.C2H6/c1-6(2)8-5-4-7(3)9(11)10-8;1-2/h4-6H,1-3H3,(H,10,11);1-2H3. The molecule has 0 saturated carbocycles. The van der Waals surface area contributed by atoms with Crippen LogP contribution in [0.1, 0.15) is 44.9 Å². The number of hydrogen-bond donors (Lipinski definition) is 1. The summed E-state index contributed by atoms with van der Waals surface area (Å²) in [5.41, 5.74) is 1.80. The third-order valence-corrected chi connectivity index (χ3v) is 1.75. The van der Waals surface area contributed by atoms with Crippen LogP contribution in [-0.4, -0.2) is 4.98 Å². The van der Waals surface area contributed by atoms with Gasteiger partial charge in [-0.2, -0.15) is 0 Å². The van der Waals surface area contributed by atoms with Gasteiger partial charge in [0.15, 0.2) is 0 Å². The zero-order valence-electron chi connectivity index (χ0n) is 9.14. The quantitative estimate of drug-likeness (QED) is 0.710. The van der Waals surface area contributed by atoms with Gasteiger partial charge in [-0.1, -0.05) is 33.8 Å². The first kappa shape index (κ1) is 11.9. The smallest absolute Gasteiger partial charge is 0.251 e. The van der Waals surface area contributed by atoms with Gasteiger partial charge in [0.2, 0.25) is 0 Å². The predicted octanol–water partition coefficient (Wildman–Crippen LogP) is 2.83. The van der Waals surface area contributed by atoms with Crippen molar-refractivity contribution < 1.29 is 0 Å². The summed E-state index contributed by atoms with van der Waals surface area (Å²) < 4.78 is 0. The van der Waals surface area contributed by atoms with Crippen molar-refractivity contribution in [2.45, 2.75) is 40.5 Å². The molecule has 2 nitrogen and oxygen atoms in total. The lowest BCUT2D eigenvalue weighted by molar-refractivity contribution is 0.813. The van der Waals surface area contributed by atoms with Crippen LogP contribution >= 0.6 is 0 Å². The van der Waals surface area contributed by atoms with Gasteiger partial charge in [-0.15, -0.1) is 0 Å². The van der Waals surface area contributed by atoms with Gasteiger partial charge in [0.05, 0.1) is 0 Å². The summed E-state index contributed by atoms with van der Waals surface area (Å²) in [7, 11) is 0. The van der Waals surface area contributed by atoms with Crippen LogP contribution in [0.15, 0.2) is 16.9 Å². The van der Waals surface area contributed by atoms with Gasteiger partial charge in [-0.3, -0.25) is 4.79 Å². The molecular formula is C11H19NO. The van der Waals surface area contributed by atoms with Crippen LogP contribution in [0.5, 0.6) is 0 Å². The zero-order chi connectivity index (χ0) is 10.4. The van der Waals surface area contributed by atoms with E-state index in [4.69, 9.17) is 0 Å². The Labute approximate surface area is 80.0 Å². The molecule has 1 rings (SSSR count). The van der Waals surface area contributed by atoms with Crippen molar-refractivity contribution >= 4 is 0 Å². The van der Waals surface area contributed by atoms with Crippen LogP contribution in [0.4, 0.5) is 0 Å². The summed E-state index contributed by atoms with van der Waals surface area (Å²) in [5, 5.41) is 0. The molecule has 1 heterocycles. The van der Waals surface area contributed by atoms with E-state index in [0.29, 0.717) is 5.92 Å². The lowest BCUT2D eigenvalue weighted by Gasteiger charge is -2.03. The Kier molecular flexibility index (Phi) is 5.12. The second kappa shape index (κ2) is 5.57. The highest BCUT2D eigenvalue weighted by Crippen LogP contribution is 2.08. The molecule has 1 aromatic heterocycles. The van der Waals surface area contributed by atoms with Crippen molar-refractivity contribution in [1.82, 2.24) is 4.98 Å². The molecule has 1 aromatic rings. The van der Waals surface area contributed by atoms with Crippen molar-refractivity contribution in [3.63, 3.8) is 0 Å². The van der Waals surface area contributed by atoms with Gasteiger partial charge in [-0.25, -0.2) is 0 Å². The molecule has 0 saturated heterocycles. The molecule has 74 valence electrons. The Balaban J connectivity index is 0.000000671. The second-order valence-corrected chi connectivity index (χ2v) is 3.08. The van der Waals surface area contributed by atoms with Crippen LogP contribution in [0.25, 0.3) is 0 Å². The molecule has 0 radical (unpaired) electrons. The maximum atomic E-state index is 11.1. The average molecular weight is 181 g/mol. The van der Waals surface area contributed by atoms with E-state index in [2.05, 4.69) is 18.8 Å². The lowest BCUT2D eigenvalue weighted by Crippen LogP contribution is -2.11. The Morgan fingerprint density at radius 2 is 1.77 bits per heavy atom. The first-order valence-electron chi connectivity index (χ1n) is 4.81. The Bertz CT molecular complexity index is 299. The highest BCUT2D eigenvalue weighted by atomic mass is 16.1. The van der Waals surface area contributed by atoms with Crippen molar-refractivity contribution in [3.8, 4) is 0 Å². The molecule has 0 atom stereocenters. The Morgan fingerprint density at radius 3 is 2.15 bits per heavy atom. The van der Waals surface area contributed by atoms with Crippen LogP contribution in [0, 0.1) is 6.92 Å². The van der Waals surface area contributed by atoms with Crippen LogP contribution < -0.4 is 5.56 Å². The van der Waals surface area contributed by atoms with Gasteiger partial charge in [0, 0.05) is 11.3 Å². The fourth-order valence-electron chi connectivity index (χ4n) is 0.899. The molecule has 1 N–H and O–H groups in total. The van der Waals surface area contributed by atoms with Gasteiger partial charge in [0.25, 0.3) is 5.56 Å². The molecule has 0 amide bonds. The molecule has 0 spiro atoms. The fourth-order valence-corrected chi connectivity index (χ4v) is 0.899. The monoisotopic (exact) mass is 181 g/mol. The number of hydrogen-bond acceptors (Lipinski definition) is 1. The summed E-state index contributed by atoms with van der Waals surface area (Å²) in [4.78, 5) is 13.9. The summed E-state index contributed by atoms with van der Waals surface area (Å²) >= 11 is 0. The Hall–Kier alpha value is -1.05. The van der Waals surface area contributed by atoms with Crippen molar-refractivity contribution in [2.75, 3.05) is 0 Å². The van der Waals surface area contributed by atoms with Crippen molar-refractivity contribution in [1.29, 1.82) is 0 Å². The minimum atomic E-state index is 0.0243. The third-order valence-electron chi connectivity index (χ3n) is 1.75. The van der Waals surface area contributed by atoms with E-state index < -0.39 is 0 Å². The molecule has 0 fully saturated rings. The number of aryl methyl sites for hydroxylation is 1. The molecule has 0 aliphatic carbocycles. The van der Waals surface area contributed by atoms with Crippen molar-refractivity contribution in [2.24, 2.45) is 0 Å². The molecule has 13 heavy (non-hydrogen) atoms. The van der Waals surface area contributed by atoms with E-state index in [-0.39, 0.29) is 5.56 Å². The molecule has 0 bridgehead atoms. The molecular weight excluding hydrogens is 162 g/mol. The zero-order valence-corrected chi connectivity index (χ0v) is 9.14. The summed E-state index contributed by atoms with van der Waals surface area (Å²) in [6, 6.07) is 3.82.